The van der Waals surface area contributed by atoms with E-state index in [1.807, 2.05) is 45.0 Å². The quantitative estimate of drug-likeness (QED) is 0.283. The molecule has 1 atom stereocenters. The zero-order valence-corrected chi connectivity index (χ0v) is 21.7. The van der Waals surface area contributed by atoms with Gasteiger partial charge in [0.1, 0.15) is 11.6 Å². The second-order valence-electron chi connectivity index (χ2n) is 8.93. The van der Waals surface area contributed by atoms with Crippen LogP contribution in [-0.4, -0.2) is 18.6 Å². The Morgan fingerprint density at radius 2 is 2.06 bits per heavy atom. The first-order valence-corrected chi connectivity index (χ1v) is 12.9. The minimum absolute atomic E-state index is 0.0320. The summed E-state index contributed by atoms with van der Waals surface area (Å²) >= 11 is 8.21. The lowest BCUT2D eigenvalue weighted by atomic mass is 9.97. The van der Waals surface area contributed by atoms with Gasteiger partial charge < -0.3 is 9.64 Å². The SMILES string of the molecule is C#CCN(c1nc(-c2cc(C)c(OC)cc2Cl)c(C)s1)[C@@H](CC1CC1)c1ccc(CC)c(F)c1. The van der Waals surface area contributed by atoms with Crippen LogP contribution in [0, 0.1) is 37.9 Å². The Bertz CT molecular complexity index is 1230. The average molecular weight is 497 g/mol. The van der Waals surface area contributed by atoms with Crippen molar-refractivity contribution < 1.29 is 9.13 Å². The Labute approximate surface area is 210 Å². The van der Waals surface area contributed by atoms with Crippen molar-refractivity contribution in [2.45, 2.75) is 52.5 Å². The van der Waals surface area contributed by atoms with E-state index in [1.54, 1.807) is 24.5 Å². The molecule has 0 bridgehead atoms. The van der Waals surface area contributed by atoms with Crippen molar-refractivity contribution in [3.8, 4) is 29.4 Å². The second kappa shape index (κ2) is 10.4. The third kappa shape index (κ3) is 5.09. The Morgan fingerprint density at radius 1 is 1.29 bits per heavy atom. The number of methoxy groups -OCH3 is 1. The van der Waals surface area contributed by atoms with Gasteiger partial charge in [-0.05, 0) is 67.5 Å². The monoisotopic (exact) mass is 496 g/mol. The van der Waals surface area contributed by atoms with E-state index in [-0.39, 0.29) is 11.9 Å². The molecule has 0 unspecified atom stereocenters. The summed E-state index contributed by atoms with van der Waals surface area (Å²) in [5.74, 6) is 4.04. The van der Waals surface area contributed by atoms with Gasteiger partial charge in [0.2, 0.25) is 0 Å². The summed E-state index contributed by atoms with van der Waals surface area (Å²) in [4.78, 5) is 8.23. The molecule has 3 aromatic rings. The number of benzene rings is 2. The minimum Gasteiger partial charge on any atom is -0.496 e. The van der Waals surface area contributed by atoms with Crippen LogP contribution in [0.4, 0.5) is 9.52 Å². The van der Waals surface area contributed by atoms with Gasteiger partial charge >= 0.3 is 0 Å². The van der Waals surface area contributed by atoms with Crippen LogP contribution in [-0.2, 0) is 6.42 Å². The van der Waals surface area contributed by atoms with Gasteiger partial charge in [-0.3, -0.25) is 0 Å². The Balaban J connectivity index is 1.76. The van der Waals surface area contributed by atoms with E-state index in [0.29, 0.717) is 23.9 Å². The molecule has 1 aromatic heterocycles. The van der Waals surface area contributed by atoms with E-state index in [1.165, 1.54) is 12.8 Å². The maximum absolute atomic E-state index is 14.8. The first-order valence-electron chi connectivity index (χ1n) is 11.7. The standard InChI is InChI=1S/C28H30ClFN2OS/c1-6-12-32(25(14-19-8-9-19)21-11-10-20(7-2)24(30)15-21)28-31-27(18(4)34-28)22-13-17(3)26(33-5)16-23(22)29/h1,10-11,13,15-16,19,25H,7-9,12,14H2,2-5H3/t25-/m0/s1. The first-order chi connectivity index (χ1) is 16.4. The van der Waals surface area contributed by atoms with Gasteiger partial charge in [0.15, 0.2) is 5.13 Å². The van der Waals surface area contributed by atoms with Crippen LogP contribution in [0.1, 0.15) is 53.8 Å². The number of anilines is 1. The van der Waals surface area contributed by atoms with Crippen molar-refractivity contribution >= 4 is 28.1 Å². The predicted molar refractivity (Wildman–Crippen MR) is 141 cm³/mol. The lowest BCUT2D eigenvalue weighted by Gasteiger charge is -2.31. The van der Waals surface area contributed by atoms with Gasteiger partial charge in [-0.2, -0.15) is 0 Å². The Kier molecular flexibility index (Phi) is 7.50. The van der Waals surface area contributed by atoms with Crippen molar-refractivity contribution in [1.82, 2.24) is 4.98 Å². The summed E-state index contributed by atoms with van der Waals surface area (Å²) in [6.07, 6.45) is 9.83. The van der Waals surface area contributed by atoms with Crippen LogP contribution in [0.2, 0.25) is 5.02 Å². The first kappa shape index (κ1) is 24.6. The highest BCUT2D eigenvalue weighted by molar-refractivity contribution is 7.16. The van der Waals surface area contributed by atoms with Gasteiger partial charge in [-0.25, -0.2) is 9.37 Å². The van der Waals surface area contributed by atoms with Crippen molar-refractivity contribution in [3.05, 3.63) is 62.7 Å². The molecule has 0 saturated heterocycles. The molecule has 1 saturated carbocycles. The molecule has 2 aromatic carbocycles. The van der Waals surface area contributed by atoms with Gasteiger partial charge in [0.25, 0.3) is 0 Å². The van der Waals surface area contributed by atoms with Crippen LogP contribution in [0.15, 0.2) is 30.3 Å². The van der Waals surface area contributed by atoms with E-state index in [2.05, 4.69) is 10.8 Å². The average Bonchev–Trinajstić information content (AvgIpc) is 3.56. The summed E-state index contributed by atoms with van der Waals surface area (Å²) < 4.78 is 20.2. The molecule has 3 nitrogen and oxygen atoms in total. The maximum atomic E-state index is 14.8. The molecule has 178 valence electrons. The zero-order chi connectivity index (χ0) is 24.4. The third-order valence-corrected chi connectivity index (χ3v) is 7.83. The highest BCUT2D eigenvalue weighted by Gasteiger charge is 2.32. The van der Waals surface area contributed by atoms with E-state index >= 15 is 0 Å². The van der Waals surface area contributed by atoms with Gasteiger partial charge in [0, 0.05) is 10.4 Å². The Hall–Kier alpha value is -2.55. The van der Waals surface area contributed by atoms with Crippen LogP contribution in [0.25, 0.3) is 11.3 Å². The van der Waals surface area contributed by atoms with Crippen molar-refractivity contribution in [2.24, 2.45) is 5.92 Å². The maximum Gasteiger partial charge on any atom is 0.187 e. The number of rotatable bonds is 9. The Morgan fingerprint density at radius 3 is 2.68 bits per heavy atom. The largest absolute Gasteiger partial charge is 0.496 e. The van der Waals surface area contributed by atoms with Crippen molar-refractivity contribution in [3.63, 3.8) is 0 Å². The fraction of sp³-hybridized carbons (Fsp3) is 0.393. The van der Waals surface area contributed by atoms with Crippen molar-refractivity contribution in [1.29, 1.82) is 0 Å². The molecule has 0 amide bonds. The van der Waals surface area contributed by atoms with E-state index in [9.17, 15) is 4.39 Å². The number of thiazole rings is 1. The van der Waals surface area contributed by atoms with Gasteiger partial charge in [-0.1, -0.05) is 49.4 Å². The highest BCUT2D eigenvalue weighted by Crippen LogP contribution is 2.44. The molecule has 1 aliphatic rings. The topological polar surface area (TPSA) is 25.4 Å². The summed E-state index contributed by atoms with van der Waals surface area (Å²) in [5.41, 5.74) is 4.39. The number of hydrogen-bond acceptors (Lipinski definition) is 4. The number of terminal acetylenes is 1. The third-order valence-electron chi connectivity index (χ3n) is 6.50. The van der Waals surface area contributed by atoms with E-state index in [0.717, 1.165) is 50.1 Å². The molecule has 6 heteroatoms. The number of halogens is 2. The molecule has 0 N–H and O–H groups in total. The number of ether oxygens (including phenoxy) is 1. The van der Waals surface area contributed by atoms with E-state index in [4.69, 9.17) is 27.7 Å². The number of aryl methyl sites for hydroxylation is 3. The fourth-order valence-electron chi connectivity index (χ4n) is 4.40. The normalized spacial score (nSPS) is 14.0. The smallest absolute Gasteiger partial charge is 0.187 e. The van der Waals surface area contributed by atoms with E-state index < -0.39 is 0 Å². The van der Waals surface area contributed by atoms with Crippen molar-refractivity contribution in [2.75, 3.05) is 18.6 Å². The van der Waals surface area contributed by atoms with Crippen LogP contribution < -0.4 is 9.64 Å². The number of hydrogen-bond donors (Lipinski definition) is 0. The summed E-state index contributed by atoms with van der Waals surface area (Å²) in [7, 11) is 1.64. The fourth-order valence-corrected chi connectivity index (χ4v) is 5.61. The molecular weight excluding hydrogens is 467 g/mol. The second-order valence-corrected chi connectivity index (χ2v) is 10.5. The highest BCUT2D eigenvalue weighted by atomic mass is 35.5. The zero-order valence-electron chi connectivity index (χ0n) is 20.1. The summed E-state index contributed by atoms with van der Waals surface area (Å²) in [5, 5.41) is 1.43. The predicted octanol–water partition coefficient (Wildman–Crippen LogP) is 7.77. The molecule has 0 aliphatic heterocycles. The molecule has 0 spiro atoms. The molecule has 4 rings (SSSR count). The molecule has 1 aliphatic carbocycles. The molecule has 0 radical (unpaired) electrons. The van der Waals surface area contributed by atoms with Crippen LogP contribution in [0.5, 0.6) is 5.75 Å². The minimum atomic E-state index is -0.155. The molecular formula is C28H30ClFN2OS. The molecule has 1 fully saturated rings. The molecule has 34 heavy (non-hydrogen) atoms. The number of aromatic nitrogens is 1. The lowest BCUT2D eigenvalue weighted by molar-refractivity contribution is 0.412. The van der Waals surface area contributed by atoms with Crippen LogP contribution >= 0.6 is 22.9 Å². The number of nitrogens with zero attached hydrogens (tertiary/aromatic N) is 2. The molecule has 1 heterocycles. The lowest BCUT2D eigenvalue weighted by Crippen LogP contribution is -2.29. The van der Waals surface area contributed by atoms with Gasteiger partial charge in [0.05, 0.1) is 30.4 Å². The summed E-state index contributed by atoms with van der Waals surface area (Å²) in [6.45, 7) is 6.41. The van der Waals surface area contributed by atoms with Gasteiger partial charge in [-0.15, -0.1) is 17.8 Å². The summed E-state index contributed by atoms with van der Waals surface area (Å²) in [6, 6.07) is 9.44. The van der Waals surface area contributed by atoms with Crippen LogP contribution in [0.3, 0.4) is 0 Å².